The van der Waals surface area contributed by atoms with Crippen LogP contribution in [-0.2, 0) is 5.60 Å². The molecule has 0 bridgehead atoms. The first-order chi connectivity index (χ1) is 8.28. The molecule has 0 saturated carbocycles. The van der Waals surface area contributed by atoms with E-state index >= 15 is 0 Å². The number of alkyl halides is 3. The molecule has 2 unspecified atom stereocenters. The first-order valence-electron chi connectivity index (χ1n) is 5.25. The van der Waals surface area contributed by atoms with E-state index in [1.807, 2.05) is 0 Å². The van der Waals surface area contributed by atoms with Crippen molar-refractivity contribution in [1.29, 1.82) is 0 Å². The Morgan fingerprint density at radius 2 is 2.06 bits per heavy atom. The number of pyridine rings is 1. The van der Waals surface area contributed by atoms with E-state index in [2.05, 4.69) is 4.98 Å². The van der Waals surface area contributed by atoms with E-state index < -0.39 is 17.8 Å². The summed E-state index contributed by atoms with van der Waals surface area (Å²) < 4.78 is 40.5. The molecule has 18 heavy (non-hydrogen) atoms. The van der Waals surface area contributed by atoms with Gasteiger partial charge in [0.05, 0.1) is 5.69 Å². The number of hydrogen-bond acceptors (Lipinski definition) is 3. The van der Waals surface area contributed by atoms with Crippen LogP contribution in [0.3, 0.4) is 0 Å². The normalized spacial score (nSPS) is 17.7. The average Bonchev–Trinajstić information content (AvgIpc) is 2.73. The van der Waals surface area contributed by atoms with Crippen LogP contribution in [0.5, 0.6) is 0 Å². The largest absolute Gasteiger partial charge is 0.424 e. The van der Waals surface area contributed by atoms with E-state index in [4.69, 9.17) is 5.73 Å². The maximum Gasteiger partial charge on any atom is 0.424 e. The Labute approximate surface area is 101 Å². The van der Waals surface area contributed by atoms with Crippen LogP contribution in [-0.4, -0.2) is 26.7 Å². The predicted octanol–water partition coefficient (Wildman–Crippen LogP) is 1.43. The van der Waals surface area contributed by atoms with Crippen molar-refractivity contribution in [2.24, 2.45) is 5.73 Å². The van der Waals surface area contributed by atoms with Crippen molar-refractivity contribution in [2.45, 2.75) is 24.7 Å². The lowest BCUT2D eigenvalue weighted by Crippen LogP contribution is -2.55. The number of fused-ring (bicyclic) bond motifs is 1. The zero-order valence-electron chi connectivity index (χ0n) is 9.52. The predicted molar refractivity (Wildman–Crippen MR) is 58.8 cm³/mol. The Morgan fingerprint density at radius 3 is 2.61 bits per heavy atom. The smallest absolute Gasteiger partial charge is 0.374 e. The van der Waals surface area contributed by atoms with Gasteiger partial charge in [-0.3, -0.25) is 0 Å². The van der Waals surface area contributed by atoms with Crippen molar-refractivity contribution in [3.8, 4) is 0 Å². The molecule has 0 aliphatic heterocycles. The molecule has 0 aliphatic rings. The summed E-state index contributed by atoms with van der Waals surface area (Å²) in [4.78, 5) is 3.88. The van der Waals surface area contributed by atoms with Crippen LogP contribution in [0.4, 0.5) is 13.2 Å². The van der Waals surface area contributed by atoms with Crippen LogP contribution in [0.2, 0.25) is 0 Å². The van der Waals surface area contributed by atoms with Gasteiger partial charge < -0.3 is 15.2 Å². The molecular formula is C11H12F3N3O. The van der Waals surface area contributed by atoms with Crippen LogP contribution in [0.15, 0.2) is 30.6 Å². The first kappa shape index (κ1) is 12.8. The number of rotatable bonds is 2. The highest BCUT2D eigenvalue weighted by atomic mass is 19.4. The van der Waals surface area contributed by atoms with Crippen molar-refractivity contribution >= 4 is 5.65 Å². The van der Waals surface area contributed by atoms with Crippen LogP contribution < -0.4 is 5.73 Å². The van der Waals surface area contributed by atoms with E-state index in [9.17, 15) is 18.3 Å². The number of halogens is 3. The number of imidazole rings is 1. The molecule has 2 aromatic heterocycles. The van der Waals surface area contributed by atoms with Gasteiger partial charge in [0.25, 0.3) is 0 Å². The van der Waals surface area contributed by atoms with E-state index in [0.717, 1.165) is 6.92 Å². The minimum atomic E-state index is -4.88. The van der Waals surface area contributed by atoms with Gasteiger partial charge in [0, 0.05) is 18.4 Å². The van der Waals surface area contributed by atoms with Gasteiger partial charge in [0.15, 0.2) is 0 Å². The molecule has 0 aliphatic carbocycles. The lowest BCUT2D eigenvalue weighted by atomic mass is 9.90. The summed E-state index contributed by atoms with van der Waals surface area (Å²) >= 11 is 0. The summed E-state index contributed by atoms with van der Waals surface area (Å²) in [5, 5.41) is 10.0. The number of aromatic nitrogens is 2. The van der Waals surface area contributed by atoms with E-state index in [-0.39, 0.29) is 5.69 Å². The van der Waals surface area contributed by atoms with Gasteiger partial charge in [-0.15, -0.1) is 0 Å². The molecule has 7 heteroatoms. The van der Waals surface area contributed by atoms with Gasteiger partial charge >= 0.3 is 6.18 Å². The zero-order valence-corrected chi connectivity index (χ0v) is 9.52. The summed E-state index contributed by atoms with van der Waals surface area (Å²) in [5.74, 6) is 0. The SMILES string of the molecule is CC(N)C(O)(c1cccc2nccn12)C(F)(F)F. The van der Waals surface area contributed by atoms with Crippen LogP contribution >= 0.6 is 0 Å². The molecule has 0 fully saturated rings. The number of aliphatic hydroxyl groups is 1. The molecular weight excluding hydrogens is 247 g/mol. The van der Waals surface area contributed by atoms with Gasteiger partial charge in [-0.2, -0.15) is 13.2 Å². The number of nitrogens with two attached hydrogens (primary N) is 1. The topological polar surface area (TPSA) is 63.5 Å². The van der Waals surface area contributed by atoms with Crippen molar-refractivity contribution in [3.05, 3.63) is 36.3 Å². The van der Waals surface area contributed by atoms with Gasteiger partial charge in [0.1, 0.15) is 5.65 Å². The highest BCUT2D eigenvalue weighted by Gasteiger charge is 2.58. The second kappa shape index (κ2) is 3.96. The third kappa shape index (κ3) is 1.67. The Bertz CT molecular complexity index is 564. The highest BCUT2D eigenvalue weighted by molar-refractivity contribution is 5.41. The maximum absolute atomic E-state index is 13.1. The molecule has 0 aromatic carbocycles. The molecule has 0 saturated heterocycles. The zero-order chi connectivity index (χ0) is 13.6. The second-order valence-corrected chi connectivity index (χ2v) is 4.12. The molecule has 4 nitrogen and oxygen atoms in total. The van der Waals surface area contributed by atoms with Gasteiger partial charge in [-0.25, -0.2) is 4.98 Å². The minimum absolute atomic E-state index is 0.316. The van der Waals surface area contributed by atoms with E-state index in [0.29, 0.717) is 5.65 Å². The molecule has 0 spiro atoms. The van der Waals surface area contributed by atoms with Crippen LogP contribution in [0.25, 0.3) is 5.65 Å². The molecule has 2 heterocycles. The van der Waals surface area contributed by atoms with Gasteiger partial charge in [-0.1, -0.05) is 6.07 Å². The minimum Gasteiger partial charge on any atom is -0.374 e. The van der Waals surface area contributed by atoms with Crippen molar-refractivity contribution in [1.82, 2.24) is 9.38 Å². The fourth-order valence-electron chi connectivity index (χ4n) is 1.89. The summed E-state index contributed by atoms with van der Waals surface area (Å²) in [6.07, 6.45) is -2.17. The molecule has 0 radical (unpaired) electrons. The molecule has 3 N–H and O–H groups in total. The highest BCUT2D eigenvalue weighted by Crippen LogP contribution is 2.40. The summed E-state index contributed by atoms with van der Waals surface area (Å²) in [6.45, 7) is 1.11. The Kier molecular flexibility index (Phi) is 2.83. The maximum atomic E-state index is 13.1. The number of nitrogens with zero attached hydrogens (tertiary/aromatic N) is 2. The van der Waals surface area contributed by atoms with Crippen molar-refractivity contribution in [2.75, 3.05) is 0 Å². The Morgan fingerprint density at radius 1 is 1.39 bits per heavy atom. The third-order valence-electron chi connectivity index (χ3n) is 2.91. The first-order valence-corrected chi connectivity index (χ1v) is 5.25. The number of hydrogen-bond donors (Lipinski definition) is 2. The molecule has 0 amide bonds. The van der Waals surface area contributed by atoms with Crippen LogP contribution in [0.1, 0.15) is 12.6 Å². The average molecular weight is 259 g/mol. The molecule has 2 rings (SSSR count). The third-order valence-corrected chi connectivity index (χ3v) is 2.91. The summed E-state index contributed by atoms with van der Waals surface area (Å²) in [6, 6.07) is 2.62. The van der Waals surface area contributed by atoms with E-state index in [1.165, 1.54) is 28.9 Å². The fourth-order valence-corrected chi connectivity index (χ4v) is 1.89. The van der Waals surface area contributed by atoms with Gasteiger partial charge in [0.2, 0.25) is 5.60 Å². The van der Waals surface area contributed by atoms with Gasteiger partial charge in [-0.05, 0) is 19.1 Å². The Hall–Kier alpha value is -1.60. The van der Waals surface area contributed by atoms with Crippen LogP contribution in [0, 0.1) is 0 Å². The Balaban J connectivity index is 2.74. The lowest BCUT2D eigenvalue weighted by Gasteiger charge is -2.34. The summed E-state index contributed by atoms with van der Waals surface area (Å²) in [5.41, 5.74) is 2.20. The molecule has 2 atom stereocenters. The van der Waals surface area contributed by atoms with E-state index in [1.54, 1.807) is 6.07 Å². The summed E-state index contributed by atoms with van der Waals surface area (Å²) in [7, 11) is 0. The van der Waals surface area contributed by atoms with Crippen molar-refractivity contribution < 1.29 is 18.3 Å². The fraction of sp³-hybridized carbons (Fsp3) is 0.364. The standard InChI is InChI=1S/C11H12F3N3O/c1-7(15)10(18,11(12,13)14)8-3-2-4-9-16-5-6-17(8)9/h2-7,18H,15H2,1H3. The second-order valence-electron chi connectivity index (χ2n) is 4.12. The quantitative estimate of drug-likeness (QED) is 0.857. The lowest BCUT2D eigenvalue weighted by molar-refractivity contribution is -0.274. The van der Waals surface area contributed by atoms with Crippen molar-refractivity contribution in [3.63, 3.8) is 0 Å². The molecule has 98 valence electrons. The molecule has 2 aromatic rings. The monoisotopic (exact) mass is 259 g/mol.